The lowest BCUT2D eigenvalue weighted by atomic mass is 10.1. The summed E-state index contributed by atoms with van der Waals surface area (Å²) in [7, 11) is 1.55. The van der Waals surface area contributed by atoms with Crippen LogP contribution in [0.2, 0.25) is 0 Å². The van der Waals surface area contributed by atoms with Crippen molar-refractivity contribution in [2.24, 2.45) is 0 Å². The van der Waals surface area contributed by atoms with Gasteiger partial charge in [0, 0.05) is 11.8 Å². The van der Waals surface area contributed by atoms with Crippen molar-refractivity contribution in [3.8, 4) is 5.75 Å². The average molecular weight is 221 g/mol. The van der Waals surface area contributed by atoms with Crippen molar-refractivity contribution >= 4 is 5.78 Å². The average Bonchev–Trinajstić information content (AvgIpc) is 2.75. The smallest absolute Gasteiger partial charge is 0.193 e. The van der Waals surface area contributed by atoms with Gasteiger partial charge in [0.05, 0.1) is 19.4 Å². The Hall–Kier alpha value is -1.42. The first-order chi connectivity index (χ1) is 7.70. The molecule has 0 bridgehead atoms. The largest absolute Gasteiger partial charge is 0.495 e. The van der Waals surface area contributed by atoms with E-state index in [4.69, 9.17) is 9.47 Å². The standard InChI is InChI=1S/C12H15NO3/c1-8-3-4-11(16-8)12(14)9-5-10(15-2)7-13-6-9/h5-8,11H,3-4H2,1-2H3. The van der Waals surface area contributed by atoms with E-state index in [0.717, 1.165) is 12.8 Å². The van der Waals surface area contributed by atoms with Crippen LogP contribution in [-0.2, 0) is 4.74 Å². The molecule has 0 aromatic carbocycles. The van der Waals surface area contributed by atoms with E-state index in [1.54, 1.807) is 25.6 Å². The topological polar surface area (TPSA) is 48.4 Å². The summed E-state index contributed by atoms with van der Waals surface area (Å²) in [5.74, 6) is 0.590. The zero-order valence-corrected chi connectivity index (χ0v) is 9.47. The Morgan fingerprint density at radius 1 is 1.50 bits per heavy atom. The van der Waals surface area contributed by atoms with Gasteiger partial charge in [0.1, 0.15) is 11.9 Å². The second kappa shape index (κ2) is 4.61. The van der Waals surface area contributed by atoms with Crippen molar-refractivity contribution in [1.29, 1.82) is 0 Å². The second-order valence-electron chi connectivity index (χ2n) is 3.99. The predicted octanol–water partition coefficient (Wildman–Crippen LogP) is 1.84. The SMILES string of the molecule is COc1cncc(C(=O)C2CCC(C)O2)c1. The van der Waals surface area contributed by atoms with Crippen LogP contribution in [0.25, 0.3) is 0 Å². The van der Waals surface area contributed by atoms with E-state index < -0.39 is 0 Å². The van der Waals surface area contributed by atoms with Gasteiger partial charge in [-0.25, -0.2) is 0 Å². The first kappa shape index (κ1) is 11.1. The third-order valence-corrected chi connectivity index (χ3v) is 2.76. The molecule has 2 rings (SSSR count). The summed E-state index contributed by atoms with van der Waals surface area (Å²) in [6.07, 6.45) is 4.72. The molecule has 0 aliphatic carbocycles. The highest BCUT2D eigenvalue weighted by Crippen LogP contribution is 2.23. The summed E-state index contributed by atoms with van der Waals surface area (Å²) in [5, 5.41) is 0. The van der Waals surface area contributed by atoms with Crippen molar-refractivity contribution in [3.63, 3.8) is 0 Å². The molecule has 1 fully saturated rings. The molecule has 1 saturated heterocycles. The number of ketones is 1. The third-order valence-electron chi connectivity index (χ3n) is 2.76. The summed E-state index contributed by atoms with van der Waals surface area (Å²) in [6, 6.07) is 1.70. The van der Waals surface area contributed by atoms with Gasteiger partial charge in [-0.3, -0.25) is 9.78 Å². The van der Waals surface area contributed by atoms with Gasteiger partial charge < -0.3 is 9.47 Å². The van der Waals surface area contributed by atoms with Gasteiger partial charge in [-0.15, -0.1) is 0 Å². The maximum Gasteiger partial charge on any atom is 0.193 e. The summed E-state index contributed by atoms with van der Waals surface area (Å²) >= 11 is 0. The Balaban J connectivity index is 2.14. The fraction of sp³-hybridized carbons (Fsp3) is 0.500. The predicted molar refractivity (Wildman–Crippen MR) is 58.7 cm³/mol. The number of rotatable bonds is 3. The molecular formula is C12H15NO3. The molecular weight excluding hydrogens is 206 g/mol. The molecule has 2 unspecified atom stereocenters. The lowest BCUT2D eigenvalue weighted by Crippen LogP contribution is -2.20. The highest BCUT2D eigenvalue weighted by molar-refractivity contribution is 5.99. The fourth-order valence-electron chi connectivity index (χ4n) is 1.85. The van der Waals surface area contributed by atoms with Gasteiger partial charge in [0.25, 0.3) is 0 Å². The highest BCUT2D eigenvalue weighted by atomic mass is 16.5. The lowest BCUT2D eigenvalue weighted by molar-refractivity contribution is 0.0433. The number of hydrogen-bond donors (Lipinski definition) is 0. The molecule has 1 aliphatic heterocycles. The fourth-order valence-corrected chi connectivity index (χ4v) is 1.85. The minimum Gasteiger partial charge on any atom is -0.495 e. The molecule has 1 aliphatic rings. The molecule has 0 amide bonds. The quantitative estimate of drug-likeness (QED) is 0.731. The molecule has 0 spiro atoms. The number of methoxy groups -OCH3 is 1. The van der Waals surface area contributed by atoms with Crippen LogP contribution in [0.1, 0.15) is 30.1 Å². The lowest BCUT2D eigenvalue weighted by Gasteiger charge is -2.10. The Labute approximate surface area is 94.6 Å². The van der Waals surface area contributed by atoms with E-state index in [1.807, 2.05) is 6.92 Å². The van der Waals surface area contributed by atoms with Crippen LogP contribution in [-0.4, -0.2) is 30.1 Å². The van der Waals surface area contributed by atoms with E-state index >= 15 is 0 Å². The van der Waals surface area contributed by atoms with E-state index in [9.17, 15) is 4.79 Å². The van der Waals surface area contributed by atoms with Gasteiger partial charge in [0.15, 0.2) is 5.78 Å². The number of carbonyl (C=O) groups excluding carboxylic acids is 1. The van der Waals surface area contributed by atoms with E-state index in [-0.39, 0.29) is 18.0 Å². The zero-order chi connectivity index (χ0) is 11.5. The van der Waals surface area contributed by atoms with Gasteiger partial charge >= 0.3 is 0 Å². The normalized spacial score (nSPS) is 24.4. The number of aromatic nitrogens is 1. The Bertz CT molecular complexity index is 392. The van der Waals surface area contributed by atoms with Crippen molar-refractivity contribution in [2.75, 3.05) is 7.11 Å². The Morgan fingerprint density at radius 2 is 2.31 bits per heavy atom. The van der Waals surface area contributed by atoms with Crippen LogP contribution in [0, 0.1) is 0 Å². The molecule has 1 aromatic rings. The number of ether oxygens (including phenoxy) is 2. The molecule has 2 atom stereocenters. The maximum absolute atomic E-state index is 12.0. The van der Waals surface area contributed by atoms with E-state index in [0.29, 0.717) is 11.3 Å². The maximum atomic E-state index is 12.0. The third kappa shape index (κ3) is 2.22. The summed E-state index contributed by atoms with van der Waals surface area (Å²) in [6.45, 7) is 1.98. The van der Waals surface area contributed by atoms with Gasteiger partial charge in [-0.2, -0.15) is 0 Å². The minimum atomic E-state index is -0.316. The number of Topliss-reactive ketones (excluding diaryl/α,β-unsaturated/α-hetero) is 1. The van der Waals surface area contributed by atoms with E-state index in [2.05, 4.69) is 4.98 Å². The molecule has 16 heavy (non-hydrogen) atoms. The number of nitrogens with zero attached hydrogens (tertiary/aromatic N) is 1. The molecule has 0 N–H and O–H groups in total. The minimum absolute atomic E-state index is 0.00394. The van der Waals surface area contributed by atoms with E-state index in [1.165, 1.54) is 0 Å². The van der Waals surface area contributed by atoms with Crippen LogP contribution < -0.4 is 4.74 Å². The van der Waals surface area contributed by atoms with Crippen molar-refractivity contribution in [2.45, 2.75) is 32.0 Å². The van der Waals surface area contributed by atoms with Crippen molar-refractivity contribution in [3.05, 3.63) is 24.0 Å². The second-order valence-corrected chi connectivity index (χ2v) is 3.99. The molecule has 86 valence electrons. The number of carbonyl (C=O) groups is 1. The number of pyridine rings is 1. The molecule has 0 saturated carbocycles. The van der Waals surface area contributed by atoms with Gasteiger partial charge in [0.2, 0.25) is 0 Å². The first-order valence-corrected chi connectivity index (χ1v) is 5.39. The highest BCUT2D eigenvalue weighted by Gasteiger charge is 2.29. The van der Waals surface area contributed by atoms with Gasteiger partial charge in [-0.1, -0.05) is 0 Å². The molecule has 0 radical (unpaired) electrons. The van der Waals surface area contributed by atoms with Crippen LogP contribution in [0.5, 0.6) is 5.75 Å². The van der Waals surface area contributed by atoms with Crippen molar-refractivity contribution in [1.82, 2.24) is 4.98 Å². The molecule has 4 heteroatoms. The first-order valence-electron chi connectivity index (χ1n) is 5.39. The number of hydrogen-bond acceptors (Lipinski definition) is 4. The monoisotopic (exact) mass is 221 g/mol. The van der Waals surface area contributed by atoms with Crippen molar-refractivity contribution < 1.29 is 14.3 Å². The van der Waals surface area contributed by atoms with Crippen LogP contribution in [0.15, 0.2) is 18.5 Å². The Kier molecular flexibility index (Phi) is 3.19. The molecule has 1 aromatic heterocycles. The van der Waals surface area contributed by atoms with Gasteiger partial charge in [-0.05, 0) is 25.8 Å². The van der Waals surface area contributed by atoms with Crippen LogP contribution in [0.4, 0.5) is 0 Å². The Morgan fingerprint density at radius 3 is 2.94 bits per heavy atom. The summed E-state index contributed by atoms with van der Waals surface area (Å²) in [4.78, 5) is 16.0. The zero-order valence-electron chi connectivity index (χ0n) is 9.47. The summed E-state index contributed by atoms with van der Waals surface area (Å²) < 4.78 is 10.6. The molecule has 4 nitrogen and oxygen atoms in total. The molecule has 2 heterocycles. The van der Waals surface area contributed by atoms with Crippen LogP contribution >= 0.6 is 0 Å². The summed E-state index contributed by atoms with van der Waals surface area (Å²) in [5.41, 5.74) is 0.554. The van der Waals surface area contributed by atoms with Crippen LogP contribution in [0.3, 0.4) is 0 Å².